The first-order valence-electron chi connectivity index (χ1n) is 3.05. The summed E-state index contributed by atoms with van der Waals surface area (Å²) in [6.07, 6.45) is 1.63. The van der Waals surface area contributed by atoms with Crippen LogP contribution in [-0.2, 0) is 0 Å². The van der Waals surface area contributed by atoms with Crippen molar-refractivity contribution in [1.82, 2.24) is 10.2 Å². The van der Waals surface area contributed by atoms with E-state index in [-0.39, 0.29) is 0 Å². The number of nitrogens with zero attached hydrogens (tertiary/aromatic N) is 2. The molecule has 0 amide bonds. The zero-order chi connectivity index (χ0) is 7.40. The number of rotatable bonds is 2. The van der Waals surface area contributed by atoms with Crippen molar-refractivity contribution in [2.24, 2.45) is 0 Å². The first-order valence-corrected chi connectivity index (χ1v) is 3.43. The summed E-state index contributed by atoms with van der Waals surface area (Å²) in [6.45, 7) is 2.87. The number of anilines is 1. The molecule has 1 heterocycles. The minimum atomic E-state index is 0.415. The van der Waals surface area contributed by atoms with E-state index in [0.717, 1.165) is 12.2 Å². The Labute approximate surface area is 64.4 Å². The lowest BCUT2D eigenvalue weighted by Gasteiger charge is -1.99. The molecule has 0 radical (unpaired) electrons. The highest BCUT2D eigenvalue weighted by molar-refractivity contribution is 6.29. The summed E-state index contributed by atoms with van der Waals surface area (Å²) in [5, 5.41) is 10.7. The molecule has 10 heavy (non-hydrogen) atoms. The highest BCUT2D eigenvalue weighted by Crippen LogP contribution is 2.08. The van der Waals surface area contributed by atoms with Crippen molar-refractivity contribution in [2.75, 3.05) is 11.9 Å². The molecule has 0 fully saturated rings. The minimum absolute atomic E-state index is 0.415. The molecule has 0 spiro atoms. The third kappa shape index (κ3) is 1.84. The average molecular weight is 158 g/mol. The van der Waals surface area contributed by atoms with Crippen LogP contribution in [0.15, 0.2) is 12.3 Å². The molecule has 0 saturated heterocycles. The van der Waals surface area contributed by atoms with Gasteiger partial charge in [0.05, 0.1) is 11.9 Å². The van der Waals surface area contributed by atoms with E-state index in [1.165, 1.54) is 0 Å². The number of nitrogens with one attached hydrogen (secondary N) is 1. The molecule has 1 rings (SSSR count). The van der Waals surface area contributed by atoms with Crippen molar-refractivity contribution >= 4 is 17.3 Å². The standard InChI is InChI=1S/C6H8ClN3/c1-2-8-5-3-6(7)10-9-4-5/h3-4H,2H2,1H3,(H,8,10). The topological polar surface area (TPSA) is 37.8 Å². The van der Waals surface area contributed by atoms with Crippen molar-refractivity contribution in [3.8, 4) is 0 Å². The second-order valence-electron chi connectivity index (χ2n) is 1.80. The Balaban J connectivity index is 2.75. The minimum Gasteiger partial charge on any atom is -0.384 e. The molecule has 0 unspecified atom stereocenters. The molecule has 3 nitrogen and oxygen atoms in total. The van der Waals surface area contributed by atoms with Crippen LogP contribution in [0.5, 0.6) is 0 Å². The largest absolute Gasteiger partial charge is 0.384 e. The van der Waals surface area contributed by atoms with Crippen molar-refractivity contribution in [2.45, 2.75) is 6.92 Å². The molecule has 1 aromatic heterocycles. The number of halogens is 1. The fourth-order valence-electron chi connectivity index (χ4n) is 0.641. The zero-order valence-electron chi connectivity index (χ0n) is 5.63. The summed E-state index contributed by atoms with van der Waals surface area (Å²) < 4.78 is 0. The van der Waals surface area contributed by atoms with Gasteiger partial charge in [0, 0.05) is 12.6 Å². The molecule has 4 heteroatoms. The Hall–Kier alpha value is -0.830. The highest BCUT2D eigenvalue weighted by Gasteiger charge is 1.91. The predicted octanol–water partition coefficient (Wildman–Crippen LogP) is 1.56. The van der Waals surface area contributed by atoms with Crippen molar-refractivity contribution in [3.63, 3.8) is 0 Å². The van der Waals surface area contributed by atoms with Crippen LogP contribution in [0.3, 0.4) is 0 Å². The molecular formula is C6H8ClN3. The summed E-state index contributed by atoms with van der Waals surface area (Å²) in [5.41, 5.74) is 0.905. The van der Waals surface area contributed by atoms with Gasteiger partial charge in [-0.05, 0) is 6.92 Å². The first kappa shape index (κ1) is 7.28. The molecule has 0 saturated carbocycles. The highest BCUT2D eigenvalue weighted by atomic mass is 35.5. The third-order valence-corrected chi connectivity index (χ3v) is 1.19. The van der Waals surface area contributed by atoms with Crippen LogP contribution in [0.1, 0.15) is 6.92 Å². The molecule has 0 atom stereocenters. The van der Waals surface area contributed by atoms with Gasteiger partial charge in [-0.3, -0.25) is 0 Å². The van der Waals surface area contributed by atoms with E-state index in [1.807, 2.05) is 6.92 Å². The van der Waals surface area contributed by atoms with Crippen molar-refractivity contribution in [1.29, 1.82) is 0 Å². The van der Waals surface area contributed by atoms with Crippen molar-refractivity contribution in [3.05, 3.63) is 17.4 Å². The molecule has 0 aliphatic rings. The second kappa shape index (κ2) is 3.37. The first-order chi connectivity index (χ1) is 4.83. The molecule has 1 aromatic rings. The van der Waals surface area contributed by atoms with Gasteiger partial charge < -0.3 is 5.32 Å². The maximum atomic E-state index is 5.57. The van der Waals surface area contributed by atoms with Crippen LogP contribution < -0.4 is 5.32 Å². The zero-order valence-corrected chi connectivity index (χ0v) is 6.39. The van der Waals surface area contributed by atoms with Crippen LogP contribution in [0, 0.1) is 0 Å². The van der Waals surface area contributed by atoms with Gasteiger partial charge >= 0.3 is 0 Å². The monoisotopic (exact) mass is 157 g/mol. The Bertz CT molecular complexity index is 214. The van der Waals surface area contributed by atoms with Crippen LogP contribution in [-0.4, -0.2) is 16.7 Å². The lowest BCUT2D eigenvalue weighted by Crippen LogP contribution is -1.97. The van der Waals surface area contributed by atoms with Gasteiger partial charge in [-0.25, -0.2) is 0 Å². The average Bonchev–Trinajstić information content (AvgIpc) is 1.88. The Morgan fingerprint density at radius 2 is 2.50 bits per heavy atom. The third-order valence-electron chi connectivity index (χ3n) is 1.01. The normalized spacial score (nSPS) is 9.40. The summed E-state index contributed by atoms with van der Waals surface area (Å²) in [6, 6.07) is 1.73. The van der Waals surface area contributed by atoms with Crippen LogP contribution in [0.2, 0.25) is 5.15 Å². The predicted molar refractivity (Wildman–Crippen MR) is 41.2 cm³/mol. The number of hydrogen-bond donors (Lipinski definition) is 1. The smallest absolute Gasteiger partial charge is 0.153 e. The number of aromatic nitrogens is 2. The number of hydrogen-bond acceptors (Lipinski definition) is 3. The quantitative estimate of drug-likeness (QED) is 0.708. The Kier molecular flexibility index (Phi) is 2.45. The Morgan fingerprint density at radius 1 is 1.70 bits per heavy atom. The van der Waals surface area contributed by atoms with Gasteiger partial charge in [0.25, 0.3) is 0 Å². The maximum Gasteiger partial charge on any atom is 0.153 e. The fraction of sp³-hybridized carbons (Fsp3) is 0.333. The van der Waals surface area contributed by atoms with Gasteiger partial charge in [-0.2, -0.15) is 5.10 Å². The van der Waals surface area contributed by atoms with E-state index in [9.17, 15) is 0 Å². The summed E-state index contributed by atoms with van der Waals surface area (Å²) in [4.78, 5) is 0. The molecule has 0 aliphatic heterocycles. The van der Waals surface area contributed by atoms with E-state index >= 15 is 0 Å². The molecule has 0 aliphatic carbocycles. The van der Waals surface area contributed by atoms with E-state index in [1.54, 1.807) is 12.3 Å². The van der Waals surface area contributed by atoms with E-state index in [0.29, 0.717) is 5.15 Å². The van der Waals surface area contributed by atoms with Crippen LogP contribution in [0.25, 0.3) is 0 Å². The Morgan fingerprint density at radius 3 is 3.10 bits per heavy atom. The lowest BCUT2D eigenvalue weighted by atomic mass is 10.5. The van der Waals surface area contributed by atoms with Gasteiger partial charge in [0.1, 0.15) is 0 Å². The van der Waals surface area contributed by atoms with Gasteiger partial charge in [0.15, 0.2) is 5.15 Å². The second-order valence-corrected chi connectivity index (χ2v) is 2.18. The summed E-state index contributed by atoms with van der Waals surface area (Å²) in [5.74, 6) is 0. The SMILES string of the molecule is CCNc1cnnc(Cl)c1. The summed E-state index contributed by atoms with van der Waals surface area (Å²) >= 11 is 5.57. The summed E-state index contributed by atoms with van der Waals surface area (Å²) in [7, 11) is 0. The fourth-order valence-corrected chi connectivity index (χ4v) is 0.803. The van der Waals surface area contributed by atoms with E-state index in [2.05, 4.69) is 15.5 Å². The van der Waals surface area contributed by atoms with Crippen LogP contribution >= 0.6 is 11.6 Å². The molecule has 0 aromatic carbocycles. The molecular weight excluding hydrogens is 150 g/mol. The maximum absolute atomic E-state index is 5.57. The molecule has 54 valence electrons. The van der Waals surface area contributed by atoms with Gasteiger partial charge in [-0.1, -0.05) is 11.6 Å². The van der Waals surface area contributed by atoms with E-state index < -0.39 is 0 Å². The lowest BCUT2D eigenvalue weighted by molar-refractivity contribution is 1.02. The molecule has 0 bridgehead atoms. The molecule has 1 N–H and O–H groups in total. The van der Waals surface area contributed by atoms with Crippen LogP contribution in [0.4, 0.5) is 5.69 Å². The van der Waals surface area contributed by atoms with E-state index in [4.69, 9.17) is 11.6 Å². The van der Waals surface area contributed by atoms with Crippen molar-refractivity contribution < 1.29 is 0 Å². The van der Waals surface area contributed by atoms with Gasteiger partial charge in [0.2, 0.25) is 0 Å². The van der Waals surface area contributed by atoms with Gasteiger partial charge in [-0.15, -0.1) is 5.10 Å².